The molecule has 0 bridgehead atoms. The number of nitro groups is 1. The zero-order chi connectivity index (χ0) is 14.8. The van der Waals surface area contributed by atoms with Crippen molar-refractivity contribution in [3.63, 3.8) is 0 Å². The normalized spacial score (nSPS) is 14.3. The van der Waals surface area contributed by atoms with E-state index in [2.05, 4.69) is 31.6 Å². The molecule has 0 unspecified atom stereocenters. The molecule has 21 heavy (non-hydrogen) atoms. The predicted molar refractivity (Wildman–Crippen MR) is 80.1 cm³/mol. The molecule has 1 aromatic carbocycles. The summed E-state index contributed by atoms with van der Waals surface area (Å²) in [6.45, 7) is 1.66. The molecule has 1 aliphatic rings. The second kappa shape index (κ2) is 5.90. The number of benzene rings is 1. The molecule has 7 nitrogen and oxygen atoms in total. The van der Waals surface area contributed by atoms with E-state index in [-0.39, 0.29) is 5.69 Å². The summed E-state index contributed by atoms with van der Waals surface area (Å²) in [6.07, 6.45) is 4.39. The van der Waals surface area contributed by atoms with Gasteiger partial charge in [0.25, 0.3) is 5.69 Å². The molecule has 0 amide bonds. The lowest BCUT2D eigenvalue weighted by Gasteiger charge is -2.03. The number of rotatable bonds is 6. The molecule has 0 radical (unpaired) electrons. The van der Waals surface area contributed by atoms with Gasteiger partial charge in [0.15, 0.2) is 0 Å². The summed E-state index contributed by atoms with van der Waals surface area (Å²) < 4.78 is 2.28. The zero-order valence-electron chi connectivity index (χ0n) is 11.2. The second-order valence-electron chi connectivity index (χ2n) is 5.12. The van der Waals surface area contributed by atoms with Gasteiger partial charge < -0.3 is 5.32 Å². The molecule has 0 spiro atoms. The predicted octanol–water partition coefficient (Wildman–Crippen LogP) is 2.44. The average molecular weight is 352 g/mol. The largest absolute Gasteiger partial charge is 0.311 e. The fourth-order valence-corrected chi connectivity index (χ4v) is 2.44. The number of non-ortho nitro benzene ring substituents is 1. The van der Waals surface area contributed by atoms with Crippen molar-refractivity contribution in [1.29, 1.82) is 0 Å². The van der Waals surface area contributed by atoms with E-state index in [9.17, 15) is 10.1 Å². The number of nitrogens with zero attached hydrogens (tertiary/aromatic N) is 4. The van der Waals surface area contributed by atoms with Crippen LogP contribution in [-0.4, -0.2) is 26.5 Å². The Kier molecular flexibility index (Phi) is 3.98. The molecular formula is C13H14BrN5O2. The van der Waals surface area contributed by atoms with Crippen molar-refractivity contribution < 1.29 is 4.92 Å². The van der Waals surface area contributed by atoms with Crippen LogP contribution in [0.15, 0.2) is 28.9 Å². The average Bonchev–Trinajstić information content (AvgIpc) is 3.16. The lowest BCUT2D eigenvalue weighted by molar-refractivity contribution is -0.384. The molecule has 3 rings (SSSR count). The summed E-state index contributed by atoms with van der Waals surface area (Å²) in [6, 6.07) is 4.56. The summed E-state index contributed by atoms with van der Waals surface area (Å²) >= 11 is 3.38. The molecule has 1 N–H and O–H groups in total. The molecule has 1 saturated carbocycles. The number of halogens is 1. The van der Waals surface area contributed by atoms with Crippen LogP contribution in [0.5, 0.6) is 0 Å². The Balaban J connectivity index is 1.75. The fourth-order valence-electron chi connectivity index (χ4n) is 2.01. The summed E-state index contributed by atoms with van der Waals surface area (Å²) in [4.78, 5) is 10.4. The van der Waals surface area contributed by atoms with Crippen LogP contribution in [0, 0.1) is 16.0 Å². The van der Waals surface area contributed by atoms with Gasteiger partial charge >= 0.3 is 0 Å². The van der Waals surface area contributed by atoms with Gasteiger partial charge in [0.05, 0.1) is 22.5 Å². The SMILES string of the molecule is O=[N+]([O-])c1ccc(Br)c(-n2cc(CNCC3CC3)nn2)c1. The molecule has 1 heterocycles. The summed E-state index contributed by atoms with van der Waals surface area (Å²) in [5, 5.41) is 22.3. The molecule has 1 fully saturated rings. The molecule has 0 saturated heterocycles. The van der Waals surface area contributed by atoms with Crippen molar-refractivity contribution in [3.05, 3.63) is 44.7 Å². The third kappa shape index (κ3) is 3.45. The fraction of sp³-hybridized carbons (Fsp3) is 0.385. The van der Waals surface area contributed by atoms with Crippen LogP contribution in [-0.2, 0) is 6.54 Å². The van der Waals surface area contributed by atoms with Gasteiger partial charge in [-0.15, -0.1) is 5.10 Å². The second-order valence-corrected chi connectivity index (χ2v) is 5.98. The van der Waals surface area contributed by atoms with Crippen LogP contribution in [0.1, 0.15) is 18.5 Å². The van der Waals surface area contributed by atoms with Crippen molar-refractivity contribution in [1.82, 2.24) is 20.3 Å². The van der Waals surface area contributed by atoms with Gasteiger partial charge in [0.2, 0.25) is 0 Å². The monoisotopic (exact) mass is 351 g/mol. The van der Waals surface area contributed by atoms with Gasteiger partial charge in [-0.1, -0.05) is 5.21 Å². The molecule has 1 aliphatic carbocycles. The topological polar surface area (TPSA) is 85.9 Å². The zero-order valence-corrected chi connectivity index (χ0v) is 12.8. The highest BCUT2D eigenvalue weighted by molar-refractivity contribution is 9.10. The maximum atomic E-state index is 10.8. The molecule has 1 aromatic heterocycles. The van der Waals surface area contributed by atoms with Crippen LogP contribution >= 0.6 is 15.9 Å². The van der Waals surface area contributed by atoms with Gasteiger partial charge in [-0.3, -0.25) is 10.1 Å². The van der Waals surface area contributed by atoms with Gasteiger partial charge in [-0.05, 0) is 47.3 Å². The third-order valence-electron chi connectivity index (χ3n) is 3.36. The number of hydrogen-bond acceptors (Lipinski definition) is 5. The summed E-state index contributed by atoms with van der Waals surface area (Å²) in [5.41, 5.74) is 1.44. The van der Waals surface area contributed by atoms with Gasteiger partial charge in [-0.25, -0.2) is 4.68 Å². The van der Waals surface area contributed by atoms with E-state index < -0.39 is 4.92 Å². The van der Waals surface area contributed by atoms with Crippen molar-refractivity contribution in [3.8, 4) is 5.69 Å². The van der Waals surface area contributed by atoms with Crippen LogP contribution in [0.3, 0.4) is 0 Å². The summed E-state index contributed by atoms with van der Waals surface area (Å²) in [5.74, 6) is 0.811. The Morgan fingerprint density at radius 3 is 3.00 bits per heavy atom. The lowest BCUT2D eigenvalue weighted by atomic mass is 10.3. The van der Waals surface area contributed by atoms with E-state index in [0.29, 0.717) is 12.2 Å². The highest BCUT2D eigenvalue weighted by Gasteiger charge is 2.20. The van der Waals surface area contributed by atoms with Crippen molar-refractivity contribution in [2.45, 2.75) is 19.4 Å². The maximum Gasteiger partial charge on any atom is 0.271 e. The van der Waals surface area contributed by atoms with Crippen LogP contribution in [0.4, 0.5) is 5.69 Å². The standard InChI is InChI=1S/C13H14BrN5O2/c14-12-4-3-11(19(20)21)5-13(12)18-8-10(16-17-18)7-15-6-9-1-2-9/h3-5,8-9,15H,1-2,6-7H2. The van der Waals surface area contributed by atoms with E-state index in [4.69, 9.17) is 0 Å². The number of hydrogen-bond donors (Lipinski definition) is 1. The Hall–Kier alpha value is -1.80. The van der Waals surface area contributed by atoms with E-state index in [1.165, 1.54) is 25.0 Å². The Labute approximate surface area is 129 Å². The summed E-state index contributed by atoms with van der Waals surface area (Å²) in [7, 11) is 0. The third-order valence-corrected chi connectivity index (χ3v) is 4.03. The first kappa shape index (κ1) is 14.2. The lowest BCUT2D eigenvalue weighted by Crippen LogP contribution is -2.16. The number of aromatic nitrogens is 3. The van der Waals surface area contributed by atoms with E-state index >= 15 is 0 Å². The van der Waals surface area contributed by atoms with Crippen molar-refractivity contribution >= 4 is 21.6 Å². The molecule has 2 aromatic rings. The van der Waals surface area contributed by atoms with Crippen molar-refractivity contribution in [2.24, 2.45) is 5.92 Å². The van der Waals surface area contributed by atoms with Crippen LogP contribution in [0.25, 0.3) is 5.69 Å². The molecule has 8 heteroatoms. The molecule has 110 valence electrons. The number of nitrogens with one attached hydrogen (secondary N) is 1. The minimum atomic E-state index is -0.426. The first-order chi connectivity index (χ1) is 10.1. The number of nitro benzene ring substituents is 1. The highest BCUT2D eigenvalue weighted by Crippen LogP contribution is 2.28. The van der Waals surface area contributed by atoms with E-state index in [0.717, 1.165) is 22.6 Å². The van der Waals surface area contributed by atoms with Crippen LogP contribution < -0.4 is 5.32 Å². The van der Waals surface area contributed by atoms with E-state index in [1.54, 1.807) is 16.9 Å². The molecule has 0 atom stereocenters. The quantitative estimate of drug-likeness (QED) is 0.638. The maximum absolute atomic E-state index is 10.8. The van der Waals surface area contributed by atoms with Gasteiger partial charge in [0, 0.05) is 23.2 Å². The van der Waals surface area contributed by atoms with Crippen LogP contribution in [0.2, 0.25) is 0 Å². The minimum Gasteiger partial charge on any atom is -0.311 e. The van der Waals surface area contributed by atoms with Gasteiger partial charge in [0.1, 0.15) is 0 Å². The molecular weight excluding hydrogens is 338 g/mol. The van der Waals surface area contributed by atoms with E-state index in [1.807, 2.05) is 0 Å². The van der Waals surface area contributed by atoms with Gasteiger partial charge in [-0.2, -0.15) is 0 Å². The Morgan fingerprint density at radius 1 is 1.48 bits per heavy atom. The molecule has 0 aliphatic heterocycles. The smallest absolute Gasteiger partial charge is 0.271 e. The Morgan fingerprint density at radius 2 is 2.29 bits per heavy atom. The first-order valence-electron chi connectivity index (χ1n) is 6.70. The minimum absolute atomic E-state index is 0.0251. The highest BCUT2D eigenvalue weighted by atomic mass is 79.9. The first-order valence-corrected chi connectivity index (χ1v) is 7.49. The Bertz CT molecular complexity index is 668. The van der Waals surface area contributed by atoms with Crippen molar-refractivity contribution in [2.75, 3.05) is 6.54 Å².